The monoisotopic (exact) mass is 397 g/mol. The quantitative estimate of drug-likeness (QED) is 0.155. The van der Waals surface area contributed by atoms with E-state index in [4.69, 9.17) is 13.9 Å². The molecule has 0 N–H and O–H groups in total. The summed E-state index contributed by atoms with van der Waals surface area (Å²) in [4.78, 5) is 46.4. The van der Waals surface area contributed by atoms with Crippen molar-refractivity contribution in [3.8, 4) is 11.5 Å². The Morgan fingerprint density at radius 1 is 1.14 bits per heavy atom. The zero-order valence-corrected chi connectivity index (χ0v) is 15.5. The number of ether oxygens (including phenoxy) is 2. The molecule has 0 saturated heterocycles. The van der Waals surface area contributed by atoms with Crippen molar-refractivity contribution in [1.29, 1.82) is 0 Å². The van der Waals surface area contributed by atoms with Gasteiger partial charge >= 0.3 is 17.3 Å². The van der Waals surface area contributed by atoms with Crippen LogP contribution in [0, 0.1) is 17.0 Å². The third-order valence-electron chi connectivity index (χ3n) is 4.06. The average Bonchev–Trinajstić information content (AvgIpc) is 2.65. The molecule has 29 heavy (non-hydrogen) atoms. The second-order valence-corrected chi connectivity index (χ2v) is 6.11. The van der Waals surface area contributed by atoms with Crippen molar-refractivity contribution in [2.45, 2.75) is 13.8 Å². The van der Waals surface area contributed by atoms with Gasteiger partial charge in [0.15, 0.2) is 23.7 Å². The summed E-state index contributed by atoms with van der Waals surface area (Å²) in [6.07, 6.45) is 0. The molecule has 3 rings (SSSR count). The van der Waals surface area contributed by atoms with Gasteiger partial charge in [-0.05, 0) is 37.6 Å². The van der Waals surface area contributed by atoms with Gasteiger partial charge in [-0.15, -0.1) is 0 Å². The lowest BCUT2D eigenvalue weighted by Crippen LogP contribution is -2.19. The fourth-order valence-corrected chi connectivity index (χ4v) is 2.80. The molecule has 9 nitrogen and oxygen atoms in total. The van der Waals surface area contributed by atoms with Crippen molar-refractivity contribution < 1.29 is 28.4 Å². The van der Waals surface area contributed by atoms with Crippen LogP contribution in [-0.4, -0.2) is 23.3 Å². The Morgan fingerprint density at radius 2 is 1.86 bits per heavy atom. The number of Topliss-reactive ketones (excluding diaryl/α,β-unsaturated/α-hetero) is 1. The van der Waals surface area contributed by atoms with Crippen LogP contribution in [0.2, 0.25) is 0 Å². The van der Waals surface area contributed by atoms with Gasteiger partial charge in [-0.1, -0.05) is 12.1 Å². The van der Waals surface area contributed by atoms with Gasteiger partial charge in [0.25, 0.3) is 0 Å². The second kappa shape index (κ2) is 7.93. The first-order valence-electron chi connectivity index (χ1n) is 8.43. The number of hydrogen-bond acceptors (Lipinski definition) is 8. The minimum absolute atomic E-state index is 0.0208. The van der Waals surface area contributed by atoms with Gasteiger partial charge < -0.3 is 13.9 Å². The van der Waals surface area contributed by atoms with E-state index >= 15 is 0 Å². The molecule has 148 valence electrons. The van der Waals surface area contributed by atoms with Crippen LogP contribution in [0.3, 0.4) is 0 Å². The molecule has 0 amide bonds. The fraction of sp³-hybridized carbons (Fsp3) is 0.150. The highest BCUT2D eigenvalue weighted by atomic mass is 16.6. The first-order valence-corrected chi connectivity index (χ1v) is 8.43. The number of carbonyl (C=O) groups excluding carboxylic acids is 2. The van der Waals surface area contributed by atoms with Crippen molar-refractivity contribution in [2.75, 3.05) is 6.61 Å². The molecular weight excluding hydrogens is 382 g/mol. The summed E-state index contributed by atoms with van der Waals surface area (Å²) in [6.45, 7) is 2.31. The highest BCUT2D eigenvalue weighted by molar-refractivity contribution is 6.08. The Hall–Kier alpha value is -4.01. The standard InChI is InChI=1S/C20H15NO8/c1-11-9-17(23)29-20-13(11)7-8-16(19(20)12(2)22)28-18(24)10-27-15-6-4-3-5-14(15)21(25)26/h3-9H,10H2,1-2H3. The number of hydrogen-bond donors (Lipinski definition) is 0. The highest BCUT2D eigenvalue weighted by Crippen LogP contribution is 2.30. The predicted molar refractivity (Wildman–Crippen MR) is 101 cm³/mol. The maximum absolute atomic E-state index is 12.2. The zero-order valence-electron chi connectivity index (χ0n) is 15.5. The Balaban J connectivity index is 1.87. The lowest BCUT2D eigenvalue weighted by atomic mass is 10.0. The Bertz CT molecular complexity index is 1190. The number of carbonyl (C=O) groups is 2. The van der Waals surface area contributed by atoms with Gasteiger partial charge in [0, 0.05) is 17.5 Å². The van der Waals surface area contributed by atoms with Crippen molar-refractivity contribution in [3.05, 3.63) is 74.1 Å². The van der Waals surface area contributed by atoms with E-state index in [2.05, 4.69) is 0 Å². The molecule has 0 aliphatic carbocycles. The molecule has 0 radical (unpaired) electrons. The number of aryl methyl sites for hydroxylation is 1. The molecular formula is C20H15NO8. The zero-order chi connectivity index (χ0) is 21.1. The van der Waals surface area contributed by atoms with E-state index in [9.17, 15) is 24.5 Å². The number of rotatable bonds is 6. The lowest BCUT2D eigenvalue weighted by Gasteiger charge is -2.11. The minimum atomic E-state index is -0.889. The topological polar surface area (TPSA) is 126 Å². The van der Waals surface area contributed by atoms with Gasteiger partial charge in [-0.25, -0.2) is 9.59 Å². The normalized spacial score (nSPS) is 10.6. The van der Waals surface area contributed by atoms with E-state index in [1.165, 1.54) is 43.3 Å². The van der Waals surface area contributed by atoms with Crippen LogP contribution in [0.25, 0.3) is 11.0 Å². The molecule has 0 aliphatic rings. The summed E-state index contributed by atoms with van der Waals surface area (Å²) in [5, 5.41) is 11.5. The Kier molecular flexibility index (Phi) is 5.40. The minimum Gasteiger partial charge on any atom is -0.475 e. The number of nitrogens with zero attached hydrogens (tertiary/aromatic N) is 1. The molecule has 1 aromatic heterocycles. The van der Waals surface area contributed by atoms with Crippen LogP contribution in [-0.2, 0) is 4.79 Å². The smallest absolute Gasteiger partial charge is 0.349 e. The van der Waals surface area contributed by atoms with E-state index in [0.717, 1.165) is 0 Å². The van der Waals surface area contributed by atoms with Gasteiger partial charge in [0.05, 0.1) is 4.92 Å². The predicted octanol–water partition coefficient (Wildman–Crippen LogP) is 3.20. The maximum Gasteiger partial charge on any atom is 0.349 e. The average molecular weight is 397 g/mol. The van der Waals surface area contributed by atoms with Gasteiger partial charge in [0.2, 0.25) is 0 Å². The third-order valence-corrected chi connectivity index (χ3v) is 4.06. The summed E-state index contributed by atoms with van der Waals surface area (Å²) < 4.78 is 15.5. The van der Waals surface area contributed by atoms with Gasteiger partial charge in [-0.3, -0.25) is 14.9 Å². The number of benzene rings is 2. The maximum atomic E-state index is 12.2. The van der Waals surface area contributed by atoms with Gasteiger partial charge in [0.1, 0.15) is 11.3 Å². The fourth-order valence-electron chi connectivity index (χ4n) is 2.80. The number of esters is 1. The van der Waals surface area contributed by atoms with Crippen LogP contribution < -0.4 is 15.1 Å². The van der Waals surface area contributed by atoms with Crippen molar-refractivity contribution in [2.24, 2.45) is 0 Å². The second-order valence-electron chi connectivity index (χ2n) is 6.11. The van der Waals surface area contributed by atoms with Crippen LogP contribution in [0.5, 0.6) is 11.5 Å². The number of nitro groups is 1. The summed E-state index contributed by atoms with van der Waals surface area (Å²) in [7, 11) is 0. The summed E-state index contributed by atoms with van der Waals surface area (Å²) in [5.74, 6) is -1.55. The number of para-hydroxylation sites is 2. The van der Waals surface area contributed by atoms with Crippen molar-refractivity contribution in [1.82, 2.24) is 0 Å². The highest BCUT2D eigenvalue weighted by Gasteiger charge is 2.21. The summed E-state index contributed by atoms with van der Waals surface area (Å²) in [5.41, 5.74) is -0.362. The number of nitro benzene ring substituents is 1. The largest absolute Gasteiger partial charge is 0.475 e. The first-order chi connectivity index (χ1) is 13.8. The van der Waals surface area contributed by atoms with E-state index in [1.807, 2.05) is 0 Å². The summed E-state index contributed by atoms with van der Waals surface area (Å²) >= 11 is 0. The van der Waals surface area contributed by atoms with Crippen molar-refractivity contribution in [3.63, 3.8) is 0 Å². The molecule has 0 unspecified atom stereocenters. The molecule has 9 heteroatoms. The van der Waals surface area contributed by atoms with Gasteiger partial charge in [-0.2, -0.15) is 0 Å². The van der Waals surface area contributed by atoms with E-state index in [0.29, 0.717) is 10.9 Å². The van der Waals surface area contributed by atoms with Crippen LogP contribution in [0.4, 0.5) is 5.69 Å². The molecule has 0 bridgehead atoms. The number of ketones is 1. The lowest BCUT2D eigenvalue weighted by molar-refractivity contribution is -0.385. The summed E-state index contributed by atoms with van der Waals surface area (Å²) in [6, 6.07) is 9.84. The molecule has 3 aromatic rings. The molecule has 0 fully saturated rings. The van der Waals surface area contributed by atoms with E-state index < -0.39 is 28.9 Å². The van der Waals surface area contributed by atoms with E-state index in [1.54, 1.807) is 13.0 Å². The SMILES string of the molecule is CC(=O)c1c(OC(=O)COc2ccccc2[N+](=O)[O-])ccc2c(C)cc(=O)oc12. The molecule has 0 spiro atoms. The Morgan fingerprint density at radius 3 is 2.55 bits per heavy atom. The van der Waals surface area contributed by atoms with Crippen LogP contribution in [0.1, 0.15) is 22.8 Å². The first kappa shape index (κ1) is 19.7. The molecule has 2 aromatic carbocycles. The molecule has 0 saturated carbocycles. The molecule has 0 aliphatic heterocycles. The third kappa shape index (κ3) is 4.13. The van der Waals surface area contributed by atoms with Crippen molar-refractivity contribution >= 4 is 28.4 Å². The van der Waals surface area contributed by atoms with Crippen LogP contribution >= 0.6 is 0 Å². The van der Waals surface area contributed by atoms with E-state index in [-0.39, 0.29) is 28.3 Å². The number of fused-ring (bicyclic) bond motifs is 1. The van der Waals surface area contributed by atoms with Crippen LogP contribution in [0.15, 0.2) is 51.7 Å². The Labute approximate surface area is 163 Å². The molecule has 0 atom stereocenters. The molecule has 1 heterocycles.